The Kier molecular flexibility index (Phi) is 9.68. The van der Waals surface area contributed by atoms with E-state index in [1.165, 1.54) is 24.8 Å². The lowest BCUT2D eigenvalue weighted by atomic mass is 10.2. The van der Waals surface area contributed by atoms with Crippen LogP contribution in [0, 0.1) is 15.9 Å². The highest BCUT2D eigenvalue weighted by Gasteiger charge is 2.33. The highest BCUT2D eigenvalue weighted by molar-refractivity contribution is 7.93. The zero-order valence-corrected chi connectivity index (χ0v) is 26.0. The third kappa shape index (κ3) is 8.10. The Morgan fingerprint density at radius 2 is 1.69 bits per heavy atom. The standard InChI is InChI=1S/C29H27FN4O9S2/c1-29(2,3)43-27(35)25-26(44-17-31-25)33(16-18-5-9-20(41-4)10-6-18)45(39,40)22-13-14-24(23(30)15-22)32-28(36)42-21-11-7-19(8-12-21)34(37)38/h5-15,17H,16H2,1-4H3,(H,32,36). The molecule has 1 aromatic heterocycles. The number of carbonyl (C=O) groups excluding carboxylic acids is 2. The summed E-state index contributed by atoms with van der Waals surface area (Å²) >= 11 is 0.885. The molecule has 0 bridgehead atoms. The van der Waals surface area contributed by atoms with Gasteiger partial charge in [-0.15, -0.1) is 11.3 Å². The lowest BCUT2D eigenvalue weighted by molar-refractivity contribution is -0.384. The van der Waals surface area contributed by atoms with Gasteiger partial charge in [0.05, 0.1) is 34.7 Å². The Labute approximate surface area is 261 Å². The Hall–Kier alpha value is -5.09. The van der Waals surface area contributed by atoms with Crippen molar-refractivity contribution in [1.82, 2.24) is 4.98 Å². The number of anilines is 2. The second-order valence-electron chi connectivity index (χ2n) is 10.3. The molecule has 0 unspecified atom stereocenters. The van der Waals surface area contributed by atoms with Crippen LogP contribution in [0.2, 0.25) is 0 Å². The number of rotatable bonds is 10. The summed E-state index contributed by atoms with van der Waals surface area (Å²) in [5, 5.41) is 12.9. The number of aromatic nitrogens is 1. The number of thiazole rings is 1. The molecule has 4 rings (SSSR count). The monoisotopic (exact) mass is 658 g/mol. The number of nitro groups is 1. The zero-order chi connectivity index (χ0) is 32.9. The zero-order valence-electron chi connectivity index (χ0n) is 24.3. The number of ether oxygens (including phenoxy) is 3. The van der Waals surface area contributed by atoms with Crippen LogP contribution >= 0.6 is 11.3 Å². The van der Waals surface area contributed by atoms with E-state index in [4.69, 9.17) is 14.2 Å². The van der Waals surface area contributed by atoms with E-state index in [-0.39, 0.29) is 28.7 Å². The number of sulfonamides is 1. The number of nitrogens with one attached hydrogen (secondary N) is 1. The van der Waals surface area contributed by atoms with Crippen LogP contribution in [-0.2, 0) is 21.3 Å². The van der Waals surface area contributed by atoms with Crippen molar-refractivity contribution in [3.8, 4) is 11.5 Å². The minimum Gasteiger partial charge on any atom is -0.497 e. The first-order valence-electron chi connectivity index (χ1n) is 13.0. The maximum atomic E-state index is 15.2. The number of esters is 1. The highest BCUT2D eigenvalue weighted by atomic mass is 32.2. The van der Waals surface area contributed by atoms with Crippen molar-refractivity contribution in [3.63, 3.8) is 0 Å². The molecule has 0 radical (unpaired) electrons. The predicted molar refractivity (Wildman–Crippen MR) is 163 cm³/mol. The SMILES string of the molecule is COc1ccc(CN(c2scnc2C(=O)OC(C)(C)C)S(=O)(=O)c2ccc(NC(=O)Oc3ccc([N+](=O)[O-])cc3)c(F)c2)cc1. The average molecular weight is 659 g/mol. The summed E-state index contributed by atoms with van der Waals surface area (Å²) in [6, 6.07) is 14.0. The van der Waals surface area contributed by atoms with E-state index in [1.54, 1.807) is 45.0 Å². The number of amides is 1. The van der Waals surface area contributed by atoms with E-state index in [0.29, 0.717) is 17.4 Å². The van der Waals surface area contributed by atoms with E-state index in [1.807, 2.05) is 0 Å². The lowest BCUT2D eigenvalue weighted by Gasteiger charge is -2.25. The maximum Gasteiger partial charge on any atom is 0.417 e. The fraction of sp³-hybridized carbons (Fsp3) is 0.207. The van der Waals surface area contributed by atoms with Gasteiger partial charge in [-0.3, -0.25) is 19.7 Å². The number of hydrogen-bond donors (Lipinski definition) is 1. The molecule has 1 N–H and O–H groups in total. The number of benzene rings is 3. The predicted octanol–water partition coefficient (Wildman–Crippen LogP) is 6.16. The van der Waals surface area contributed by atoms with Crippen LogP contribution < -0.4 is 19.1 Å². The van der Waals surface area contributed by atoms with Crippen LogP contribution in [-0.4, -0.2) is 43.1 Å². The molecule has 0 saturated carbocycles. The molecule has 0 fully saturated rings. The van der Waals surface area contributed by atoms with Crippen molar-refractivity contribution in [3.05, 3.63) is 99.4 Å². The van der Waals surface area contributed by atoms with Crippen molar-refractivity contribution >= 4 is 49.8 Å². The molecule has 0 aliphatic heterocycles. The smallest absolute Gasteiger partial charge is 0.417 e. The summed E-state index contributed by atoms with van der Waals surface area (Å²) in [6.07, 6.45) is -1.12. The van der Waals surface area contributed by atoms with E-state index >= 15 is 4.39 Å². The van der Waals surface area contributed by atoms with Gasteiger partial charge >= 0.3 is 12.1 Å². The molecular formula is C29H27FN4O9S2. The molecule has 13 nitrogen and oxygen atoms in total. The third-order valence-electron chi connectivity index (χ3n) is 5.88. The summed E-state index contributed by atoms with van der Waals surface area (Å²) in [6.45, 7) is 4.71. The van der Waals surface area contributed by atoms with Gasteiger partial charge in [-0.05, 0) is 68.8 Å². The second-order valence-corrected chi connectivity index (χ2v) is 13.0. The van der Waals surface area contributed by atoms with E-state index in [9.17, 15) is 28.1 Å². The van der Waals surface area contributed by atoms with Crippen molar-refractivity contribution < 1.29 is 41.5 Å². The molecule has 0 aliphatic carbocycles. The number of non-ortho nitro benzene ring substituents is 1. The van der Waals surface area contributed by atoms with Crippen LogP contribution in [0.5, 0.6) is 11.5 Å². The topological polar surface area (TPSA) is 167 Å². The van der Waals surface area contributed by atoms with Crippen molar-refractivity contribution in [2.75, 3.05) is 16.7 Å². The first-order chi connectivity index (χ1) is 21.2. The Balaban J connectivity index is 1.64. The summed E-state index contributed by atoms with van der Waals surface area (Å²) in [7, 11) is -3.05. The summed E-state index contributed by atoms with van der Waals surface area (Å²) in [5.41, 5.74) is 0.0896. The minimum absolute atomic E-state index is 0.0442. The second kappa shape index (κ2) is 13.3. The molecule has 1 heterocycles. The van der Waals surface area contributed by atoms with Crippen molar-refractivity contribution in [2.45, 2.75) is 37.8 Å². The Morgan fingerprint density at radius 3 is 2.27 bits per heavy atom. The Bertz CT molecular complexity index is 1820. The van der Waals surface area contributed by atoms with E-state index in [2.05, 4.69) is 10.3 Å². The first kappa shape index (κ1) is 32.8. The van der Waals surface area contributed by atoms with Gasteiger partial charge in [0.15, 0.2) is 5.69 Å². The van der Waals surface area contributed by atoms with Crippen LogP contribution in [0.25, 0.3) is 0 Å². The maximum absolute atomic E-state index is 15.2. The molecule has 0 saturated heterocycles. The molecule has 45 heavy (non-hydrogen) atoms. The number of nitro benzene ring substituents is 1. The van der Waals surface area contributed by atoms with Crippen LogP contribution in [0.3, 0.4) is 0 Å². The summed E-state index contributed by atoms with van der Waals surface area (Å²) < 4.78 is 59.8. The van der Waals surface area contributed by atoms with Gasteiger partial charge in [-0.1, -0.05) is 12.1 Å². The number of hydrogen-bond acceptors (Lipinski definition) is 11. The van der Waals surface area contributed by atoms with Gasteiger partial charge in [0, 0.05) is 12.1 Å². The largest absolute Gasteiger partial charge is 0.497 e. The number of nitrogens with zero attached hydrogens (tertiary/aromatic N) is 3. The number of carbonyl (C=O) groups is 2. The average Bonchev–Trinajstić information content (AvgIpc) is 3.46. The number of halogens is 1. The van der Waals surface area contributed by atoms with Crippen molar-refractivity contribution in [1.29, 1.82) is 0 Å². The lowest BCUT2D eigenvalue weighted by Crippen LogP contribution is -2.32. The molecular weight excluding hydrogens is 631 g/mol. The van der Waals surface area contributed by atoms with Crippen LogP contribution in [0.4, 0.5) is 25.6 Å². The molecule has 16 heteroatoms. The van der Waals surface area contributed by atoms with Gasteiger partial charge in [-0.2, -0.15) is 0 Å². The van der Waals surface area contributed by atoms with E-state index < -0.39 is 49.0 Å². The summed E-state index contributed by atoms with van der Waals surface area (Å²) in [4.78, 5) is 39.1. The van der Waals surface area contributed by atoms with Gasteiger partial charge in [0.2, 0.25) is 0 Å². The van der Waals surface area contributed by atoms with Gasteiger partial charge in [0.25, 0.3) is 15.7 Å². The molecule has 0 atom stereocenters. The van der Waals surface area contributed by atoms with Crippen LogP contribution in [0.1, 0.15) is 36.8 Å². The molecule has 1 amide bonds. The highest BCUT2D eigenvalue weighted by Crippen LogP contribution is 2.34. The minimum atomic E-state index is -4.54. The normalized spacial score (nSPS) is 11.4. The van der Waals surface area contributed by atoms with Crippen molar-refractivity contribution in [2.24, 2.45) is 0 Å². The quantitative estimate of drug-likeness (QED) is 0.118. The molecule has 4 aromatic rings. The molecule has 236 valence electrons. The van der Waals surface area contributed by atoms with Crippen LogP contribution in [0.15, 0.2) is 77.1 Å². The molecule has 0 spiro atoms. The summed E-state index contributed by atoms with van der Waals surface area (Å²) in [5.74, 6) is -1.45. The van der Waals surface area contributed by atoms with Gasteiger partial charge in [-0.25, -0.2) is 27.4 Å². The molecule has 0 aliphatic rings. The number of methoxy groups -OCH3 is 1. The third-order valence-corrected chi connectivity index (χ3v) is 8.58. The Morgan fingerprint density at radius 1 is 1.04 bits per heavy atom. The van der Waals surface area contributed by atoms with E-state index in [0.717, 1.165) is 39.9 Å². The molecule has 3 aromatic carbocycles. The fourth-order valence-corrected chi connectivity index (χ4v) is 6.29. The van der Waals surface area contributed by atoms with Gasteiger partial charge in [0.1, 0.15) is 27.9 Å². The first-order valence-corrected chi connectivity index (χ1v) is 15.4. The van der Waals surface area contributed by atoms with Gasteiger partial charge < -0.3 is 14.2 Å². The fourth-order valence-electron chi connectivity index (χ4n) is 3.81.